The summed E-state index contributed by atoms with van der Waals surface area (Å²) in [6.07, 6.45) is 5.97. The van der Waals surface area contributed by atoms with Crippen molar-refractivity contribution in [1.82, 2.24) is 19.5 Å². The molecule has 3 heterocycles. The highest BCUT2D eigenvalue weighted by atomic mass is 35.5. The van der Waals surface area contributed by atoms with Crippen LogP contribution >= 0.6 is 11.6 Å². The van der Waals surface area contributed by atoms with Crippen molar-refractivity contribution >= 4 is 29.0 Å². The van der Waals surface area contributed by atoms with Crippen molar-refractivity contribution in [3.05, 3.63) is 59.5 Å². The Morgan fingerprint density at radius 2 is 2.12 bits per heavy atom. The third-order valence-corrected chi connectivity index (χ3v) is 5.58. The van der Waals surface area contributed by atoms with Crippen LogP contribution in [0.1, 0.15) is 31.7 Å². The first-order valence-corrected chi connectivity index (χ1v) is 8.97. The van der Waals surface area contributed by atoms with Crippen LogP contribution < -0.4 is 5.32 Å². The highest BCUT2D eigenvalue weighted by molar-refractivity contribution is 6.31. The van der Waals surface area contributed by atoms with Gasteiger partial charge in [-0.3, -0.25) is 0 Å². The van der Waals surface area contributed by atoms with E-state index in [1.165, 1.54) is 0 Å². The first-order chi connectivity index (χ1) is 12.5. The fourth-order valence-corrected chi connectivity index (χ4v) is 4.11. The summed E-state index contributed by atoms with van der Waals surface area (Å²) in [4.78, 5) is 19.1. The normalized spacial score (nSPS) is 19.0. The molecule has 134 valence electrons. The van der Waals surface area contributed by atoms with Gasteiger partial charge in [0, 0.05) is 35.4 Å². The molecule has 1 aliphatic rings. The standard InChI is InChI=1S/C19H20ClN5O/c1-19(2)14(13-6-3-4-7-15(13)20)8-11-24(19)18(26)23-16-12-22-25-10-5-9-21-17(16)25/h3-7,9-10,12,14H,8,11H2,1-2H3,(H,23,26). The molecule has 1 aliphatic heterocycles. The van der Waals surface area contributed by atoms with Crippen LogP contribution in [0, 0.1) is 0 Å². The summed E-state index contributed by atoms with van der Waals surface area (Å²) in [5.74, 6) is 0.184. The summed E-state index contributed by atoms with van der Waals surface area (Å²) >= 11 is 6.40. The molecule has 1 fully saturated rings. The van der Waals surface area contributed by atoms with Gasteiger partial charge in [0.1, 0.15) is 5.69 Å². The van der Waals surface area contributed by atoms with Crippen molar-refractivity contribution in [1.29, 1.82) is 0 Å². The van der Waals surface area contributed by atoms with E-state index in [-0.39, 0.29) is 17.5 Å². The number of likely N-dealkylation sites (tertiary alicyclic amines) is 1. The number of rotatable bonds is 2. The van der Waals surface area contributed by atoms with E-state index >= 15 is 0 Å². The maximum absolute atomic E-state index is 13.0. The monoisotopic (exact) mass is 369 g/mol. The van der Waals surface area contributed by atoms with Crippen molar-refractivity contribution < 1.29 is 4.79 Å². The molecule has 1 aromatic carbocycles. The molecule has 0 bridgehead atoms. The van der Waals surface area contributed by atoms with Crippen LogP contribution in [0.3, 0.4) is 0 Å². The molecule has 4 rings (SSSR count). The minimum Gasteiger partial charge on any atom is -0.319 e. The number of fused-ring (bicyclic) bond motifs is 1. The number of anilines is 1. The van der Waals surface area contributed by atoms with Gasteiger partial charge in [-0.05, 0) is 38.0 Å². The molecular formula is C19H20ClN5O. The van der Waals surface area contributed by atoms with Gasteiger partial charge in [-0.15, -0.1) is 0 Å². The van der Waals surface area contributed by atoms with E-state index in [2.05, 4.69) is 29.2 Å². The molecule has 26 heavy (non-hydrogen) atoms. The van der Waals surface area contributed by atoms with Crippen molar-refractivity contribution in [2.45, 2.75) is 31.7 Å². The van der Waals surface area contributed by atoms with Crippen molar-refractivity contribution in [3.8, 4) is 0 Å². The van der Waals surface area contributed by atoms with E-state index < -0.39 is 0 Å². The van der Waals surface area contributed by atoms with Crippen LogP contribution in [0.4, 0.5) is 10.5 Å². The SMILES string of the molecule is CC1(C)C(c2ccccc2Cl)CCN1C(=O)Nc1cnn2cccnc12. The fraction of sp³-hybridized carbons (Fsp3) is 0.316. The van der Waals surface area contributed by atoms with Crippen LogP contribution in [-0.2, 0) is 0 Å². The molecule has 0 aliphatic carbocycles. The van der Waals surface area contributed by atoms with Crippen LogP contribution in [0.5, 0.6) is 0 Å². The molecule has 1 unspecified atom stereocenters. The van der Waals surface area contributed by atoms with Gasteiger partial charge in [-0.25, -0.2) is 14.3 Å². The molecule has 2 aromatic heterocycles. The Morgan fingerprint density at radius 3 is 2.92 bits per heavy atom. The summed E-state index contributed by atoms with van der Waals surface area (Å²) in [6, 6.07) is 9.51. The Labute approximate surface area is 156 Å². The summed E-state index contributed by atoms with van der Waals surface area (Å²) in [5, 5.41) is 7.92. The zero-order chi connectivity index (χ0) is 18.3. The van der Waals surface area contributed by atoms with Crippen LogP contribution in [0.2, 0.25) is 5.02 Å². The average Bonchev–Trinajstić information content (AvgIpc) is 3.16. The molecule has 0 saturated carbocycles. The number of urea groups is 1. The van der Waals surface area contributed by atoms with Gasteiger partial charge in [-0.2, -0.15) is 5.10 Å². The highest BCUT2D eigenvalue weighted by Crippen LogP contribution is 2.44. The second-order valence-electron chi connectivity index (χ2n) is 7.04. The molecule has 1 atom stereocenters. The van der Waals surface area contributed by atoms with Gasteiger partial charge in [-0.1, -0.05) is 29.8 Å². The van der Waals surface area contributed by atoms with E-state index in [1.54, 1.807) is 29.2 Å². The predicted octanol–water partition coefficient (Wildman–Crippen LogP) is 4.18. The highest BCUT2D eigenvalue weighted by Gasteiger charge is 2.45. The topological polar surface area (TPSA) is 62.5 Å². The Bertz CT molecular complexity index is 967. The summed E-state index contributed by atoms with van der Waals surface area (Å²) in [7, 11) is 0. The Morgan fingerprint density at radius 1 is 1.31 bits per heavy atom. The Hall–Kier alpha value is -2.60. The molecule has 3 aromatic rings. The lowest BCUT2D eigenvalue weighted by Crippen LogP contribution is -2.47. The van der Waals surface area contributed by atoms with Crippen molar-refractivity contribution in [2.24, 2.45) is 0 Å². The third-order valence-electron chi connectivity index (χ3n) is 5.24. The summed E-state index contributed by atoms with van der Waals surface area (Å²) in [5.41, 5.74) is 1.96. The van der Waals surface area contributed by atoms with E-state index in [0.717, 1.165) is 17.0 Å². The lowest BCUT2D eigenvalue weighted by Gasteiger charge is -2.36. The molecule has 7 heteroatoms. The molecule has 1 N–H and O–H groups in total. The third kappa shape index (κ3) is 2.70. The fourth-order valence-electron chi connectivity index (χ4n) is 3.84. The number of nitrogens with zero attached hydrogens (tertiary/aromatic N) is 4. The smallest absolute Gasteiger partial charge is 0.319 e. The minimum absolute atomic E-state index is 0.148. The van der Waals surface area contributed by atoms with Gasteiger partial charge in [0.05, 0.1) is 6.20 Å². The molecule has 0 radical (unpaired) electrons. The average molecular weight is 370 g/mol. The maximum atomic E-state index is 13.0. The Kier molecular flexibility index (Phi) is 4.07. The zero-order valence-corrected chi connectivity index (χ0v) is 15.4. The van der Waals surface area contributed by atoms with Crippen molar-refractivity contribution in [3.63, 3.8) is 0 Å². The Balaban J connectivity index is 1.58. The number of carbonyl (C=O) groups excluding carboxylic acids is 1. The second kappa shape index (κ2) is 6.29. The van der Waals surface area contributed by atoms with Gasteiger partial charge in [0.15, 0.2) is 5.65 Å². The van der Waals surface area contributed by atoms with Crippen LogP contribution in [0.25, 0.3) is 5.65 Å². The minimum atomic E-state index is -0.356. The molecule has 0 spiro atoms. The van der Waals surface area contributed by atoms with E-state index in [9.17, 15) is 4.79 Å². The molecule has 2 amide bonds. The molecule has 1 saturated heterocycles. The van der Waals surface area contributed by atoms with Gasteiger partial charge < -0.3 is 10.2 Å². The first kappa shape index (κ1) is 16.8. The van der Waals surface area contributed by atoms with Crippen LogP contribution in [0.15, 0.2) is 48.9 Å². The van der Waals surface area contributed by atoms with E-state index in [4.69, 9.17) is 11.6 Å². The van der Waals surface area contributed by atoms with Gasteiger partial charge >= 0.3 is 6.03 Å². The van der Waals surface area contributed by atoms with Gasteiger partial charge in [0.2, 0.25) is 0 Å². The predicted molar refractivity (Wildman–Crippen MR) is 102 cm³/mol. The lowest BCUT2D eigenvalue weighted by atomic mass is 9.83. The largest absolute Gasteiger partial charge is 0.322 e. The number of hydrogen-bond donors (Lipinski definition) is 1. The number of hydrogen-bond acceptors (Lipinski definition) is 3. The number of carbonyl (C=O) groups is 1. The van der Waals surface area contributed by atoms with Crippen LogP contribution in [-0.4, -0.2) is 37.6 Å². The number of amides is 2. The van der Waals surface area contributed by atoms with Gasteiger partial charge in [0.25, 0.3) is 0 Å². The quantitative estimate of drug-likeness (QED) is 0.737. The summed E-state index contributed by atoms with van der Waals surface area (Å²) in [6.45, 7) is 4.84. The number of benzene rings is 1. The van der Waals surface area contributed by atoms with Crippen molar-refractivity contribution in [2.75, 3.05) is 11.9 Å². The van der Waals surface area contributed by atoms with E-state index in [1.807, 2.05) is 29.2 Å². The summed E-state index contributed by atoms with van der Waals surface area (Å²) < 4.78 is 1.64. The maximum Gasteiger partial charge on any atom is 0.322 e. The second-order valence-corrected chi connectivity index (χ2v) is 7.45. The number of aromatic nitrogens is 3. The number of halogens is 1. The zero-order valence-electron chi connectivity index (χ0n) is 14.7. The number of nitrogens with one attached hydrogen (secondary N) is 1. The first-order valence-electron chi connectivity index (χ1n) is 8.60. The molecular weight excluding hydrogens is 350 g/mol. The van der Waals surface area contributed by atoms with E-state index in [0.29, 0.717) is 17.9 Å². The lowest BCUT2D eigenvalue weighted by molar-refractivity contribution is 0.171. The molecule has 6 nitrogen and oxygen atoms in total.